The molecule has 6 heteroatoms. The molecule has 0 bridgehead atoms. The van der Waals surface area contributed by atoms with Crippen molar-refractivity contribution < 1.29 is 4.92 Å². The van der Waals surface area contributed by atoms with E-state index in [-0.39, 0.29) is 27.5 Å². The van der Waals surface area contributed by atoms with Crippen LogP contribution < -0.4 is 5.43 Å². The Kier molecular flexibility index (Phi) is 3.43. The molecular formula is C19H11N3O3. The number of pyridine rings is 2. The highest BCUT2D eigenvalue weighted by atomic mass is 16.6. The number of hydrogen-bond donors (Lipinski definition) is 0. The minimum atomic E-state index is -0.537. The van der Waals surface area contributed by atoms with E-state index < -0.39 is 4.92 Å². The van der Waals surface area contributed by atoms with Gasteiger partial charge in [-0.2, -0.15) is 0 Å². The topological polar surface area (TPSA) is 86.0 Å². The first-order valence-electron chi connectivity index (χ1n) is 7.57. The fourth-order valence-electron chi connectivity index (χ4n) is 2.84. The summed E-state index contributed by atoms with van der Waals surface area (Å²) in [6.07, 6.45) is 3.04. The molecule has 0 spiro atoms. The molecule has 4 rings (SSSR count). The predicted octanol–water partition coefficient (Wildman–Crippen LogP) is 3.72. The second kappa shape index (κ2) is 5.76. The largest absolute Gasteiger partial charge is 0.297 e. The molecule has 2 heterocycles. The van der Waals surface area contributed by atoms with Crippen LogP contribution in [-0.4, -0.2) is 14.9 Å². The molecule has 2 aromatic heterocycles. The number of fused-ring (bicyclic) bond motifs is 2. The molecule has 0 amide bonds. The Balaban J connectivity index is 2.18. The van der Waals surface area contributed by atoms with Crippen LogP contribution in [0.15, 0.2) is 71.8 Å². The Labute approximate surface area is 141 Å². The van der Waals surface area contributed by atoms with Crippen molar-refractivity contribution in [1.29, 1.82) is 0 Å². The first-order valence-corrected chi connectivity index (χ1v) is 7.57. The molecule has 2 aromatic carbocycles. The van der Waals surface area contributed by atoms with Crippen LogP contribution in [0.5, 0.6) is 0 Å². The van der Waals surface area contributed by atoms with Gasteiger partial charge in [-0.15, -0.1) is 0 Å². The molecule has 0 aliphatic carbocycles. The van der Waals surface area contributed by atoms with E-state index in [1.807, 2.05) is 30.3 Å². The van der Waals surface area contributed by atoms with E-state index in [1.54, 1.807) is 24.4 Å². The Morgan fingerprint density at radius 3 is 2.44 bits per heavy atom. The molecule has 0 saturated heterocycles. The third kappa shape index (κ3) is 2.49. The van der Waals surface area contributed by atoms with Gasteiger partial charge >= 0.3 is 0 Å². The Morgan fingerprint density at radius 2 is 1.68 bits per heavy atom. The van der Waals surface area contributed by atoms with Crippen LogP contribution >= 0.6 is 0 Å². The third-order valence-corrected chi connectivity index (χ3v) is 4.04. The summed E-state index contributed by atoms with van der Waals surface area (Å²) in [7, 11) is 0. The zero-order chi connectivity index (χ0) is 17.4. The van der Waals surface area contributed by atoms with Gasteiger partial charge in [-0.3, -0.25) is 19.9 Å². The van der Waals surface area contributed by atoms with Gasteiger partial charge in [-0.05, 0) is 23.8 Å². The highest BCUT2D eigenvalue weighted by molar-refractivity contribution is 5.96. The quantitative estimate of drug-likeness (QED) is 0.413. The standard InChI is InChI=1S/C19H11N3O3/c23-19-14-7-4-8-20-16(14)10-17(22(24)25)18-15(19)9-13(11-21-18)12-5-2-1-3-6-12/h1-11H. The summed E-state index contributed by atoms with van der Waals surface area (Å²) in [5.41, 5.74) is 1.39. The molecule has 0 atom stereocenters. The van der Waals surface area contributed by atoms with E-state index in [0.717, 1.165) is 11.1 Å². The van der Waals surface area contributed by atoms with Gasteiger partial charge in [0.25, 0.3) is 5.69 Å². The number of rotatable bonds is 2. The van der Waals surface area contributed by atoms with Crippen LogP contribution in [0.2, 0.25) is 0 Å². The van der Waals surface area contributed by atoms with Gasteiger partial charge in [0.2, 0.25) is 0 Å². The first kappa shape index (κ1) is 14.9. The number of nitro groups is 1. The van der Waals surface area contributed by atoms with Gasteiger partial charge in [0, 0.05) is 29.4 Å². The number of hydrogen-bond acceptors (Lipinski definition) is 5. The number of benzene rings is 1. The minimum absolute atomic E-state index is 0.0627. The maximum absolute atomic E-state index is 12.9. The van der Waals surface area contributed by atoms with Crippen molar-refractivity contribution in [2.75, 3.05) is 0 Å². The maximum atomic E-state index is 12.9. The molecule has 25 heavy (non-hydrogen) atoms. The number of nitrogens with zero attached hydrogens (tertiary/aromatic N) is 3. The van der Waals surface area contributed by atoms with Crippen molar-refractivity contribution in [3.05, 3.63) is 87.3 Å². The van der Waals surface area contributed by atoms with Crippen LogP contribution in [0.25, 0.3) is 32.9 Å². The van der Waals surface area contributed by atoms with E-state index in [9.17, 15) is 14.9 Å². The first-order chi connectivity index (χ1) is 12.1. The van der Waals surface area contributed by atoms with Crippen LogP contribution in [0.3, 0.4) is 0 Å². The van der Waals surface area contributed by atoms with Crippen molar-refractivity contribution in [3.8, 4) is 11.1 Å². The van der Waals surface area contributed by atoms with Crippen molar-refractivity contribution in [1.82, 2.24) is 9.97 Å². The van der Waals surface area contributed by atoms with Crippen LogP contribution in [0.4, 0.5) is 5.69 Å². The SMILES string of the molecule is O=c1c2cccnc2cc([N+](=O)[O-])c2ncc(-c3ccccc3)cc12. The fourth-order valence-corrected chi connectivity index (χ4v) is 2.84. The summed E-state index contributed by atoms with van der Waals surface area (Å²) < 4.78 is 0. The Bertz CT molecular complexity index is 1190. The monoisotopic (exact) mass is 329 g/mol. The predicted molar refractivity (Wildman–Crippen MR) is 95.4 cm³/mol. The van der Waals surface area contributed by atoms with Crippen molar-refractivity contribution >= 4 is 27.5 Å². The maximum Gasteiger partial charge on any atom is 0.297 e. The van der Waals surface area contributed by atoms with Crippen molar-refractivity contribution in [2.24, 2.45) is 0 Å². The lowest BCUT2D eigenvalue weighted by atomic mass is 10.1. The average Bonchev–Trinajstić information content (AvgIpc) is 2.78. The lowest BCUT2D eigenvalue weighted by molar-refractivity contribution is -0.383. The average molecular weight is 329 g/mol. The number of aromatic nitrogens is 2. The van der Waals surface area contributed by atoms with Crippen LogP contribution in [0, 0.1) is 10.1 Å². The molecule has 6 nitrogen and oxygen atoms in total. The summed E-state index contributed by atoms with van der Waals surface area (Å²) in [6.45, 7) is 0. The normalized spacial score (nSPS) is 10.9. The molecule has 0 aliphatic heterocycles. The zero-order valence-corrected chi connectivity index (χ0v) is 12.9. The van der Waals surface area contributed by atoms with Gasteiger partial charge in [0.05, 0.1) is 15.8 Å². The highest BCUT2D eigenvalue weighted by Gasteiger charge is 2.17. The van der Waals surface area contributed by atoms with Gasteiger partial charge in [0.1, 0.15) is 0 Å². The lowest BCUT2D eigenvalue weighted by Crippen LogP contribution is -2.00. The van der Waals surface area contributed by atoms with Crippen LogP contribution in [-0.2, 0) is 0 Å². The van der Waals surface area contributed by atoms with Gasteiger partial charge in [-0.1, -0.05) is 30.3 Å². The van der Waals surface area contributed by atoms with E-state index in [0.29, 0.717) is 5.39 Å². The molecule has 0 fully saturated rings. The molecule has 0 radical (unpaired) electrons. The van der Waals surface area contributed by atoms with E-state index in [1.165, 1.54) is 12.3 Å². The molecular weight excluding hydrogens is 318 g/mol. The highest BCUT2D eigenvalue weighted by Crippen LogP contribution is 2.27. The molecule has 0 N–H and O–H groups in total. The second-order valence-corrected chi connectivity index (χ2v) is 5.54. The van der Waals surface area contributed by atoms with Gasteiger partial charge in [-0.25, -0.2) is 4.98 Å². The van der Waals surface area contributed by atoms with Gasteiger partial charge in [0.15, 0.2) is 10.9 Å². The molecule has 0 saturated carbocycles. The zero-order valence-electron chi connectivity index (χ0n) is 12.9. The summed E-state index contributed by atoms with van der Waals surface area (Å²) in [4.78, 5) is 32.2. The smallest absolute Gasteiger partial charge is 0.288 e. The molecule has 0 unspecified atom stereocenters. The van der Waals surface area contributed by atoms with Crippen molar-refractivity contribution in [3.63, 3.8) is 0 Å². The molecule has 0 aliphatic rings. The second-order valence-electron chi connectivity index (χ2n) is 5.54. The van der Waals surface area contributed by atoms with E-state index in [2.05, 4.69) is 9.97 Å². The molecule has 4 aromatic rings. The van der Waals surface area contributed by atoms with Crippen LogP contribution in [0.1, 0.15) is 0 Å². The third-order valence-electron chi connectivity index (χ3n) is 4.04. The van der Waals surface area contributed by atoms with Crippen molar-refractivity contribution in [2.45, 2.75) is 0 Å². The summed E-state index contributed by atoms with van der Waals surface area (Å²) >= 11 is 0. The lowest BCUT2D eigenvalue weighted by Gasteiger charge is -2.01. The summed E-state index contributed by atoms with van der Waals surface area (Å²) in [6, 6.07) is 15.6. The van der Waals surface area contributed by atoms with E-state index in [4.69, 9.17) is 0 Å². The minimum Gasteiger partial charge on any atom is -0.288 e. The van der Waals surface area contributed by atoms with Gasteiger partial charge < -0.3 is 0 Å². The van der Waals surface area contributed by atoms with E-state index >= 15 is 0 Å². The Morgan fingerprint density at radius 1 is 0.880 bits per heavy atom. The summed E-state index contributed by atoms with van der Waals surface area (Å²) in [5.74, 6) is 0. The fraction of sp³-hybridized carbons (Fsp3) is 0. The summed E-state index contributed by atoms with van der Waals surface area (Å²) in [5, 5.41) is 12.0. The Hall–Kier alpha value is -3.67. The molecule has 120 valence electrons.